The van der Waals surface area contributed by atoms with E-state index in [0.29, 0.717) is 11.3 Å². The van der Waals surface area contributed by atoms with Crippen molar-refractivity contribution in [1.29, 1.82) is 0 Å². The number of nitrogens with zero attached hydrogens (tertiary/aromatic N) is 2. The minimum absolute atomic E-state index is 0.0353. The maximum Gasteiger partial charge on any atom is 0.353 e. The zero-order valence-corrected chi connectivity index (χ0v) is 10.5. The van der Waals surface area contributed by atoms with Crippen molar-refractivity contribution in [3.05, 3.63) is 39.9 Å². The van der Waals surface area contributed by atoms with Gasteiger partial charge in [-0.05, 0) is 6.92 Å². The minimum Gasteiger partial charge on any atom is -0.466 e. The number of hydrogen-bond donors (Lipinski definition) is 0. The molecule has 1 aromatic rings. The third-order valence-electron chi connectivity index (χ3n) is 2.87. The molecule has 2 rings (SSSR count). The van der Waals surface area contributed by atoms with E-state index in [1.165, 1.54) is 19.2 Å². The fourth-order valence-corrected chi connectivity index (χ4v) is 1.82. The lowest BCUT2D eigenvalue weighted by Crippen LogP contribution is -2.36. The Labute approximate surface area is 109 Å². The minimum atomic E-state index is -1.17. The first-order valence-corrected chi connectivity index (χ1v) is 5.54. The second-order valence-electron chi connectivity index (χ2n) is 4.34. The average molecular weight is 264 g/mol. The molecule has 0 bridgehead atoms. The second kappa shape index (κ2) is 4.68. The van der Waals surface area contributed by atoms with E-state index in [4.69, 9.17) is 4.84 Å². The predicted molar refractivity (Wildman–Crippen MR) is 65.8 cm³/mol. The third-order valence-corrected chi connectivity index (χ3v) is 2.87. The van der Waals surface area contributed by atoms with Crippen molar-refractivity contribution < 1.29 is 19.3 Å². The zero-order valence-electron chi connectivity index (χ0n) is 10.5. The van der Waals surface area contributed by atoms with E-state index in [9.17, 15) is 14.9 Å². The molecule has 0 N–H and O–H groups in total. The molecular weight excluding hydrogens is 252 g/mol. The molecule has 1 unspecified atom stereocenters. The van der Waals surface area contributed by atoms with Crippen LogP contribution in [0.4, 0.5) is 5.69 Å². The van der Waals surface area contributed by atoms with Gasteiger partial charge in [0, 0.05) is 24.1 Å². The van der Waals surface area contributed by atoms with Crippen LogP contribution in [0, 0.1) is 10.1 Å². The summed E-state index contributed by atoms with van der Waals surface area (Å²) in [6.45, 7) is 1.56. The van der Waals surface area contributed by atoms with Gasteiger partial charge in [0.1, 0.15) is 0 Å². The summed E-state index contributed by atoms with van der Waals surface area (Å²) in [5.41, 5.74) is -0.167. The largest absolute Gasteiger partial charge is 0.466 e. The van der Waals surface area contributed by atoms with Crippen LogP contribution in [-0.4, -0.2) is 29.3 Å². The standard InChI is InChI=1S/C12H12N2O5/c1-12(11(15)18-2)7-10(13-19-12)8-4-3-5-9(6-8)14(16)17/h3-6H,7H2,1-2H3. The Morgan fingerprint density at radius 2 is 2.32 bits per heavy atom. The molecule has 7 heteroatoms. The Kier molecular flexibility index (Phi) is 3.20. The Morgan fingerprint density at radius 1 is 1.58 bits per heavy atom. The number of rotatable bonds is 3. The molecule has 1 heterocycles. The van der Waals surface area contributed by atoms with Gasteiger partial charge in [0.15, 0.2) is 0 Å². The van der Waals surface area contributed by atoms with Crippen LogP contribution in [0.15, 0.2) is 29.4 Å². The van der Waals surface area contributed by atoms with E-state index >= 15 is 0 Å². The molecule has 0 aliphatic carbocycles. The van der Waals surface area contributed by atoms with Gasteiger partial charge in [-0.1, -0.05) is 17.3 Å². The summed E-state index contributed by atoms with van der Waals surface area (Å²) >= 11 is 0. The number of esters is 1. The Balaban J connectivity index is 2.24. The molecule has 1 aromatic carbocycles. The van der Waals surface area contributed by atoms with Gasteiger partial charge in [-0.25, -0.2) is 4.79 Å². The van der Waals surface area contributed by atoms with Crippen molar-refractivity contribution in [2.75, 3.05) is 7.11 Å². The lowest BCUT2D eigenvalue weighted by atomic mass is 9.96. The monoisotopic (exact) mass is 264 g/mol. The quantitative estimate of drug-likeness (QED) is 0.470. The second-order valence-corrected chi connectivity index (χ2v) is 4.34. The van der Waals surface area contributed by atoms with Gasteiger partial charge in [-0.15, -0.1) is 0 Å². The summed E-state index contributed by atoms with van der Waals surface area (Å²) in [6.07, 6.45) is 0.209. The van der Waals surface area contributed by atoms with Crippen LogP contribution >= 0.6 is 0 Å². The van der Waals surface area contributed by atoms with E-state index in [1.807, 2.05) is 0 Å². The molecule has 0 radical (unpaired) electrons. The van der Waals surface area contributed by atoms with Crippen molar-refractivity contribution in [2.45, 2.75) is 18.9 Å². The van der Waals surface area contributed by atoms with Crippen LogP contribution in [0.25, 0.3) is 0 Å². The van der Waals surface area contributed by atoms with Crippen molar-refractivity contribution in [3.63, 3.8) is 0 Å². The maximum absolute atomic E-state index is 11.6. The van der Waals surface area contributed by atoms with Gasteiger partial charge in [0.05, 0.1) is 17.7 Å². The molecule has 1 aliphatic heterocycles. The van der Waals surface area contributed by atoms with Crippen LogP contribution in [-0.2, 0) is 14.4 Å². The summed E-state index contributed by atoms with van der Waals surface area (Å²) in [5, 5.41) is 14.5. The smallest absolute Gasteiger partial charge is 0.353 e. The fraction of sp³-hybridized carbons (Fsp3) is 0.333. The van der Waals surface area contributed by atoms with Crippen LogP contribution in [0.3, 0.4) is 0 Å². The van der Waals surface area contributed by atoms with Gasteiger partial charge in [0.2, 0.25) is 5.60 Å². The van der Waals surface area contributed by atoms with E-state index in [2.05, 4.69) is 9.89 Å². The summed E-state index contributed by atoms with van der Waals surface area (Å²) in [4.78, 5) is 26.9. The highest BCUT2D eigenvalue weighted by Crippen LogP contribution is 2.28. The SMILES string of the molecule is COC(=O)C1(C)CC(c2cccc([N+](=O)[O-])c2)=NO1. The third kappa shape index (κ3) is 2.40. The number of nitro benzene ring substituents is 1. The lowest BCUT2D eigenvalue weighted by molar-refractivity contribution is -0.384. The lowest BCUT2D eigenvalue weighted by Gasteiger charge is -2.17. The average Bonchev–Trinajstić information content (AvgIpc) is 2.82. The molecule has 0 aromatic heterocycles. The molecule has 0 saturated carbocycles. The van der Waals surface area contributed by atoms with Crippen molar-refractivity contribution in [2.24, 2.45) is 5.16 Å². The van der Waals surface area contributed by atoms with E-state index in [0.717, 1.165) is 0 Å². The van der Waals surface area contributed by atoms with Crippen LogP contribution in [0.1, 0.15) is 18.9 Å². The topological polar surface area (TPSA) is 91.0 Å². The maximum atomic E-state index is 11.6. The Hall–Kier alpha value is -2.44. The highest BCUT2D eigenvalue weighted by atomic mass is 16.7. The normalized spacial score (nSPS) is 21.5. The van der Waals surface area contributed by atoms with Gasteiger partial charge in [-0.3, -0.25) is 10.1 Å². The molecule has 0 fully saturated rings. The summed E-state index contributed by atoms with van der Waals surface area (Å²) < 4.78 is 4.64. The number of non-ortho nitro benzene ring substituents is 1. The highest BCUT2D eigenvalue weighted by Gasteiger charge is 2.43. The first kappa shape index (κ1) is 13.0. The Morgan fingerprint density at radius 3 is 2.95 bits per heavy atom. The molecular formula is C12H12N2O5. The van der Waals surface area contributed by atoms with Crippen LogP contribution in [0.5, 0.6) is 0 Å². The van der Waals surface area contributed by atoms with Gasteiger partial charge < -0.3 is 9.57 Å². The molecule has 0 spiro atoms. The molecule has 0 amide bonds. The number of ether oxygens (including phenoxy) is 1. The molecule has 1 atom stereocenters. The molecule has 100 valence electrons. The van der Waals surface area contributed by atoms with Crippen molar-refractivity contribution in [1.82, 2.24) is 0 Å². The van der Waals surface area contributed by atoms with Crippen molar-refractivity contribution in [3.8, 4) is 0 Å². The number of carbonyl (C=O) groups is 1. The number of carbonyl (C=O) groups excluding carboxylic acids is 1. The zero-order chi connectivity index (χ0) is 14.0. The Bertz CT molecular complexity index is 569. The number of oxime groups is 1. The fourth-order valence-electron chi connectivity index (χ4n) is 1.82. The molecule has 7 nitrogen and oxygen atoms in total. The van der Waals surface area contributed by atoms with Gasteiger partial charge in [0.25, 0.3) is 5.69 Å². The van der Waals surface area contributed by atoms with Crippen molar-refractivity contribution >= 4 is 17.4 Å². The van der Waals surface area contributed by atoms with E-state index in [1.54, 1.807) is 19.1 Å². The van der Waals surface area contributed by atoms with Crippen LogP contribution < -0.4 is 0 Å². The predicted octanol–water partition coefficient (Wildman–Crippen LogP) is 1.65. The number of methoxy groups -OCH3 is 1. The first-order chi connectivity index (χ1) is 8.96. The molecule has 1 aliphatic rings. The molecule has 0 saturated heterocycles. The van der Waals surface area contributed by atoms with E-state index in [-0.39, 0.29) is 12.1 Å². The summed E-state index contributed by atoms with van der Waals surface area (Å²) in [5.74, 6) is -0.531. The summed E-state index contributed by atoms with van der Waals surface area (Å²) in [7, 11) is 1.27. The highest BCUT2D eigenvalue weighted by molar-refractivity contribution is 6.05. The van der Waals surface area contributed by atoms with Crippen LogP contribution in [0.2, 0.25) is 0 Å². The number of benzene rings is 1. The molecule has 19 heavy (non-hydrogen) atoms. The van der Waals surface area contributed by atoms with E-state index < -0.39 is 16.5 Å². The number of nitro groups is 1. The van der Waals surface area contributed by atoms with Gasteiger partial charge in [-0.2, -0.15) is 0 Å². The summed E-state index contributed by atoms with van der Waals surface area (Å²) in [6, 6.07) is 6.02. The first-order valence-electron chi connectivity index (χ1n) is 5.54. The van der Waals surface area contributed by atoms with Gasteiger partial charge >= 0.3 is 5.97 Å². The number of hydrogen-bond acceptors (Lipinski definition) is 6.